The van der Waals surface area contributed by atoms with E-state index in [9.17, 15) is 4.79 Å². The first kappa shape index (κ1) is 14.3. The Morgan fingerprint density at radius 2 is 1.95 bits per heavy atom. The number of piperidine rings is 1. The van der Waals surface area contributed by atoms with Gasteiger partial charge in [0.05, 0.1) is 5.69 Å². The maximum Gasteiger partial charge on any atom is 0.223 e. The summed E-state index contributed by atoms with van der Waals surface area (Å²) in [6, 6.07) is 13.8. The second-order valence-corrected chi connectivity index (χ2v) is 5.45. The van der Waals surface area contributed by atoms with Gasteiger partial charge in [-0.1, -0.05) is 30.2 Å². The fourth-order valence-electron chi connectivity index (χ4n) is 2.65. The average molecular weight is 290 g/mol. The number of hydrogen-bond donors (Lipinski definition) is 0. The van der Waals surface area contributed by atoms with Gasteiger partial charge in [0.1, 0.15) is 6.04 Å². The highest BCUT2D eigenvalue weighted by Crippen LogP contribution is 2.32. The zero-order valence-electron chi connectivity index (χ0n) is 12.4. The molecule has 4 rings (SSSR count). The van der Waals surface area contributed by atoms with Gasteiger partial charge >= 0.3 is 0 Å². The third-order valence-electron chi connectivity index (χ3n) is 3.91. The maximum absolute atomic E-state index is 11.8. The summed E-state index contributed by atoms with van der Waals surface area (Å²) in [6.07, 6.45) is 9.81. The predicted octanol–water partition coefficient (Wildman–Crippen LogP) is 3.44. The Morgan fingerprint density at radius 3 is 2.45 bits per heavy atom. The Morgan fingerprint density at radius 1 is 1.14 bits per heavy atom. The maximum atomic E-state index is 11.8. The summed E-state index contributed by atoms with van der Waals surface area (Å²) in [4.78, 5) is 17.7. The Balaban J connectivity index is 0.000000196. The average Bonchev–Trinajstić information content (AvgIpc) is 3.17. The summed E-state index contributed by atoms with van der Waals surface area (Å²) >= 11 is 0. The molecule has 1 atom stereocenters. The van der Waals surface area contributed by atoms with Gasteiger partial charge in [-0.3, -0.25) is 9.78 Å². The SMILES string of the molecule is C#CC(c1ccccn1)N1CCCCC1=O.c1cc2cc-2c1. The Hall–Kier alpha value is -2.60. The number of nitrogens with zero attached hydrogens (tertiary/aromatic N) is 2. The first-order valence-electron chi connectivity index (χ1n) is 7.56. The lowest BCUT2D eigenvalue weighted by atomic mass is 10.1. The van der Waals surface area contributed by atoms with Crippen LogP contribution in [0.1, 0.15) is 31.0 Å². The van der Waals surface area contributed by atoms with E-state index in [1.165, 1.54) is 11.1 Å². The number of terminal acetylenes is 1. The smallest absolute Gasteiger partial charge is 0.223 e. The molecule has 3 aliphatic rings. The van der Waals surface area contributed by atoms with Gasteiger partial charge in [-0.25, -0.2) is 0 Å². The quantitative estimate of drug-likeness (QED) is 0.677. The molecule has 0 spiro atoms. The lowest BCUT2D eigenvalue weighted by molar-refractivity contribution is -0.134. The number of hydrogen-bond acceptors (Lipinski definition) is 2. The minimum absolute atomic E-state index is 0.139. The zero-order chi connectivity index (χ0) is 15.4. The van der Waals surface area contributed by atoms with E-state index in [0.717, 1.165) is 25.1 Å². The van der Waals surface area contributed by atoms with Gasteiger partial charge in [-0.15, -0.1) is 6.42 Å². The van der Waals surface area contributed by atoms with E-state index in [1.54, 1.807) is 11.1 Å². The molecule has 2 aliphatic carbocycles. The molecule has 1 saturated heterocycles. The largest absolute Gasteiger partial charge is 0.323 e. The number of fused-ring (bicyclic) bond motifs is 1. The summed E-state index contributed by atoms with van der Waals surface area (Å²) in [5.74, 6) is 2.80. The molecule has 1 unspecified atom stereocenters. The second-order valence-electron chi connectivity index (χ2n) is 5.45. The molecule has 0 saturated carbocycles. The molecule has 0 aromatic carbocycles. The molecule has 3 heteroatoms. The van der Waals surface area contributed by atoms with Crippen LogP contribution in [0, 0.1) is 12.3 Å². The van der Waals surface area contributed by atoms with Crippen LogP contribution in [0.2, 0.25) is 0 Å². The number of carbonyl (C=O) groups excluding carboxylic acids is 1. The molecule has 22 heavy (non-hydrogen) atoms. The molecule has 1 aliphatic heterocycles. The van der Waals surface area contributed by atoms with E-state index in [4.69, 9.17) is 6.42 Å². The lowest BCUT2D eigenvalue weighted by Crippen LogP contribution is -2.38. The highest BCUT2D eigenvalue weighted by molar-refractivity contribution is 5.80. The van der Waals surface area contributed by atoms with E-state index in [0.29, 0.717) is 6.42 Å². The van der Waals surface area contributed by atoms with Crippen LogP contribution in [0.5, 0.6) is 0 Å². The van der Waals surface area contributed by atoms with Crippen molar-refractivity contribution in [1.82, 2.24) is 9.88 Å². The van der Waals surface area contributed by atoms with Crippen molar-refractivity contribution in [3.05, 3.63) is 54.4 Å². The van der Waals surface area contributed by atoms with Crippen molar-refractivity contribution in [2.24, 2.45) is 0 Å². The van der Waals surface area contributed by atoms with Gasteiger partial charge in [-0.05, 0) is 42.2 Å². The minimum atomic E-state index is -0.311. The van der Waals surface area contributed by atoms with Crippen molar-refractivity contribution >= 4 is 5.91 Å². The third kappa shape index (κ3) is 3.17. The van der Waals surface area contributed by atoms with Crippen LogP contribution < -0.4 is 0 Å². The van der Waals surface area contributed by atoms with Crippen molar-refractivity contribution in [2.75, 3.05) is 6.54 Å². The van der Waals surface area contributed by atoms with E-state index in [-0.39, 0.29) is 11.9 Å². The van der Waals surface area contributed by atoms with Crippen LogP contribution in [0.15, 0.2) is 48.7 Å². The molecule has 3 nitrogen and oxygen atoms in total. The van der Waals surface area contributed by atoms with E-state index in [1.807, 2.05) is 18.2 Å². The number of rotatable bonds is 2. The normalized spacial score (nSPS) is 16.1. The third-order valence-corrected chi connectivity index (χ3v) is 3.91. The topological polar surface area (TPSA) is 33.2 Å². The predicted molar refractivity (Wildman–Crippen MR) is 86.8 cm³/mol. The van der Waals surface area contributed by atoms with Gasteiger partial charge in [0.25, 0.3) is 0 Å². The summed E-state index contributed by atoms with van der Waals surface area (Å²) < 4.78 is 0. The Labute approximate surface area is 131 Å². The molecule has 2 heterocycles. The molecule has 0 bridgehead atoms. The molecule has 1 amide bonds. The lowest BCUT2D eigenvalue weighted by Gasteiger charge is -2.31. The van der Waals surface area contributed by atoms with Crippen LogP contribution >= 0.6 is 0 Å². The van der Waals surface area contributed by atoms with E-state index < -0.39 is 0 Å². The van der Waals surface area contributed by atoms with Crippen molar-refractivity contribution in [2.45, 2.75) is 25.3 Å². The summed E-state index contributed by atoms with van der Waals surface area (Å²) in [5, 5.41) is 0. The minimum Gasteiger partial charge on any atom is -0.323 e. The van der Waals surface area contributed by atoms with Crippen molar-refractivity contribution in [1.29, 1.82) is 0 Å². The Kier molecular flexibility index (Phi) is 4.20. The van der Waals surface area contributed by atoms with Gasteiger partial charge in [-0.2, -0.15) is 0 Å². The highest BCUT2D eigenvalue weighted by Gasteiger charge is 2.26. The van der Waals surface area contributed by atoms with Gasteiger partial charge in [0, 0.05) is 19.2 Å². The number of benzene rings is 1. The summed E-state index contributed by atoms with van der Waals surface area (Å²) in [5.41, 5.74) is 3.63. The number of aromatic nitrogens is 1. The summed E-state index contributed by atoms with van der Waals surface area (Å²) in [6.45, 7) is 0.740. The van der Waals surface area contributed by atoms with E-state index >= 15 is 0 Å². The highest BCUT2D eigenvalue weighted by atomic mass is 16.2. The van der Waals surface area contributed by atoms with Crippen molar-refractivity contribution in [3.63, 3.8) is 0 Å². The first-order chi connectivity index (χ1) is 10.8. The van der Waals surface area contributed by atoms with Gasteiger partial charge in [0.15, 0.2) is 0 Å². The summed E-state index contributed by atoms with van der Waals surface area (Å²) in [7, 11) is 0. The molecule has 1 fully saturated rings. The molecule has 1 aromatic rings. The molecule has 0 N–H and O–H groups in total. The Bertz CT molecular complexity index is 686. The molecular weight excluding hydrogens is 272 g/mol. The molecule has 110 valence electrons. The zero-order valence-corrected chi connectivity index (χ0v) is 12.4. The van der Waals surface area contributed by atoms with Crippen LogP contribution in [-0.4, -0.2) is 22.3 Å². The fraction of sp³-hybridized carbons (Fsp3) is 0.263. The van der Waals surface area contributed by atoms with Crippen molar-refractivity contribution in [3.8, 4) is 23.5 Å². The van der Waals surface area contributed by atoms with Crippen LogP contribution in [0.4, 0.5) is 0 Å². The van der Waals surface area contributed by atoms with Crippen molar-refractivity contribution < 1.29 is 4.79 Å². The monoisotopic (exact) mass is 290 g/mol. The fourth-order valence-corrected chi connectivity index (χ4v) is 2.65. The number of amides is 1. The molecular formula is C19H18N2O. The first-order valence-corrected chi connectivity index (χ1v) is 7.56. The number of likely N-dealkylation sites (tertiary alicyclic amines) is 1. The van der Waals surface area contributed by atoms with E-state index in [2.05, 4.69) is 35.2 Å². The van der Waals surface area contributed by atoms with Gasteiger partial charge < -0.3 is 4.90 Å². The standard InChI is InChI=1S/C13H14N2O.C6H4/c1-2-12(11-7-3-5-9-14-11)15-10-6-4-8-13(15)16;1-2-5-4-6(5)3-1/h1,3,5,7,9,12H,4,6,8,10H2;1-4H. The number of carbonyl (C=O) groups is 1. The van der Waals surface area contributed by atoms with Crippen LogP contribution in [0.25, 0.3) is 11.1 Å². The number of pyridine rings is 1. The van der Waals surface area contributed by atoms with Crippen LogP contribution in [-0.2, 0) is 4.79 Å². The second kappa shape index (κ2) is 6.44. The molecule has 1 aromatic heterocycles. The van der Waals surface area contributed by atoms with Gasteiger partial charge in [0.2, 0.25) is 5.91 Å². The molecule has 0 radical (unpaired) electrons. The van der Waals surface area contributed by atoms with Crippen LogP contribution in [0.3, 0.4) is 0 Å².